The Hall–Kier alpha value is -0.760. The van der Waals surface area contributed by atoms with E-state index in [0.717, 1.165) is 23.0 Å². The summed E-state index contributed by atoms with van der Waals surface area (Å²) in [5.41, 5.74) is 3.80. The van der Waals surface area contributed by atoms with Crippen molar-refractivity contribution < 1.29 is 0 Å². The molecule has 2 aliphatic rings. The molecule has 0 fully saturated rings. The van der Waals surface area contributed by atoms with Gasteiger partial charge in [0.2, 0.25) is 0 Å². The van der Waals surface area contributed by atoms with Gasteiger partial charge in [0.1, 0.15) is 0 Å². The fraction of sp³-hybridized carbons (Fsp3) is 0.273. The predicted molar refractivity (Wildman–Crippen MR) is 59.3 cm³/mol. The Morgan fingerprint density at radius 2 is 2.31 bits per heavy atom. The molecular weight excluding hydrogens is 226 g/mol. The fourth-order valence-corrected chi connectivity index (χ4v) is 2.40. The van der Waals surface area contributed by atoms with Crippen LogP contribution in [0.5, 0.6) is 0 Å². The van der Waals surface area contributed by atoms with Gasteiger partial charge >= 0.3 is 0 Å². The van der Waals surface area contributed by atoms with Crippen LogP contribution < -0.4 is 0 Å². The third-order valence-electron chi connectivity index (χ3n) is 2.51. The van der Waals surface area contributed by atoms with Crippen molar-refractivity contribution in [2.75, 3.05) is 7.05 Å². The lowest BCUT2D eigenvalue weighted by Crippen LogP contribution is -2.18. The second-order valence-electron chi connectivity index (χ2n) is 3.37. The van der Waals surface area contributed by atoms with Gasteiger partial charge in [0.05, 0.1) is 0 Å². The second-order valence-corrected chi connectivity index (χ2v) is 4.22. The molecule has 0 saturated heterocycles. The molecule has 0 aromatic rings. The average Bonchev–Trinajstić information content (AvgIpc) is 2.15. The van der Waals surface area contributed by atoms with Crippen molar-refractivity contribution in [2.24, 2.45) is 0 Å². The van der Waals surface area contributed by atoms with Crippen molar-refractivity contribution in [2.45, 2.75) is 12.8 Å². The van der Waals surface area contributed by atoms with E-state index in [2.05, 4.69) is 45.8 Å². The molecule has 0 unspecified atom stereocenters. The predicted octanol–water partition coefficient (Wildman–Crippen LogP) is 3.33. The van der Waals surface area contributed by atoms with Gasteiger partial charge in [-0.05, 0) is 39.9 Å². The molecular formula is C11H12BrN. The zero-order valence-electron chi connectivity index (χ0n) is 7.68. The summed E-state index contributed by atoms with van der Waals surface area (Å²) in [6.07, 6.45) is 8.70. The Morgan fingerprint density at radius 1 is 1.54 bits per heavy atom. The van der Waals surface area contributed by atoms with Gasteiger partial charge < -0.3 is 4.90 Å². The first kappa shape index (κ1) is 8.82. The van der Waals surface area contributed by atoms with E-state index >= 15 is 0 Å². The molecule has 0 bridgehead atoms. The number of hydrogen-bond acceptors (Lipinski definition) is 1. The highest BCUT2D eigenvalue weighted by molar-refractivity contribution is 9.12. The first-order valence-electron chi connectivity index (χ1n) is 4.39. The van der Waals surface area contributed by atoms with E-state index in [-0.39, 0.29) is 0 Å². The zero-order chi connectivity index (χ0) is 9.42. The van der Waals surface area contributed by atoms with Gasteiger partial charge in [-0.1, -0.05) is 18.7 Å². The molecule has 2 rings (SSSR count). The Morgan fingerprint density at radius 3 is 3.08 bits per heavy atom. The SMILES string of the molecule is C=C1C2=C(C=CCC2)C(Br)=CN1C. The molecule has 0 atom stereocenters. The molecule has 1 nitrogen and oxygen atoms in total. The third kappa shape index (κ3) is 1.39. The molecule has 1 aliphatic heterocycles. The van der Waals surface area contributed by atoms with E-state index in [1.165, 1.54) is 11.1 Å². The van der Waals surface area contributed by atoms with Gasteiger partial charge in [0.15, 0.2) is 0 Å². The summed E-state index contributed by atoms with van der Waals surface area (Å²) in [5.74, 6) is 0. The molecule has 1 heterocycles. The zero-order valence-corrected chi connectivity index (χ0v) is 9.26. The summed E-state index contributed by atoms with van der Waals surface area (Å²) in [7, 11) is 2.03. The maximum atomic E-state index is 4.08. The summed E-state index contributed by atoms with van der Waals surface area (Å²) < 4.78 is 1.16. The lowest BCUT2D eigenvalue weighted by molar-refractivity contribution is 0.563. The van der Waals surface area contributed by atoms with Crippen LogP contribution in [0.25, 0.3) is 0 Å². The monoisotopic (exact) mass is 237 g/mol. The topological polar surface area (TPSA) is 3.24 Å². The van der Waals surface area contributed by atoms with Crippen LogP contribution >= 0.6 is 15.9 Å². The summed E-state index contributed by atoms with van der Waals surface area (Å²) in [6.45, 7) is 4.08. The number of hydrogen-bond donors (Lipinski definition) is 0. The Labute approximate surface area is 87.2 Å². The van der Waals surface area contributed by atoms with Crippen LogP contribution in [0.1, 0.15) is 12.8 Å². The maximum absolute atomic E-state index is 4.08. The van der Waals surface area contributed by atoms with E-state index in [0.29, 0.717) is 0 Å². The van der Waals surface area contributed by atoms with Gasteiger partial charge in [0, 0.05) is 23.4 Å². The summed E-state index contributed by atoms with van der Waals surface area (Å²) >= 11 is 3.57. The average molecular weight is 238 g/mol. The smallest absolute Gasteiger partial charge is 0.0413 e. The Kier molecular flexibility index (Phi) is 2.16. The lowest BCUT2D eigenvalue weighted by atomic mass is 9.93. The van der Waals surface area contributed by atoms with Crippen molar-refractivity contribution in [3.8, 4) is 0 Å². The summed E-state index contributed by atoms with van der Waals surface area (Å²) in [4.78, 5) is 2.07. The van der Waals surface area contributed by atoms with Crippen molar-refractivity contribution in [3.05, 3.63) is 46.3 Å². The number of nitrogens with zero attached hydrogens (tertiary/aromatic N) is 1. The normalized spacial score (nSPS) is 21.8. The Balaban J connectivity index is 2.49. The molecule has 0 saturated carbocycles. The van der Waals surface area contributed by atoms with E-state index in [1.807, 2.05) is 7.05 Å². The lowest BCUT2D eigenvalue weighted by Gasteiger charge is -2.29. The molecule has 13 heavy (non-hydrogen) atoms. The van der Waals surface area contributed by atoms with E-state index in [9.17, 15) is 0 Å². The highest BCUT2D eigenvalue weighted by atomic mass is 79.9. The van der Waals surface area contributed by atoms with Crippen molar-refractivity contribution >= 4 is 15.9 Å². The number of likely N-dealkylation sites (N-methyl/N-ethyl adjacent to an activating group) is 1. The molecule has 68 valence electrons. The molecule has 0 radical (unpaired) electrons. The van der Waals surface area contributed by atoms with E-state index in [1.54, 1.807) is 0 Å². The van der Waals surface area contributed by atoms with Crippen LogP contribution in [-0.4, -0.2) is 11.9 Å². The standard InChI is InChI=1S/C11H12BrN/c1-8-9-5-3-4-6-10(9)11(12)7-13(8)2/h4,6-7H,1,3,5H2,2H3. The van der Waals surface area contributed by atoms with E-state index in [4.69, 9.17) is 0 Å². The van der Waals surface area contributed by atoms with Crippen molar-refractivity contribution in [3.63, 3.8) is 0 Å². The van der Waals surface area contributed by atoms with Gasteiger partial charge in [-0.3, -0.25) is 0 Å². The quantitative estimate of drug-likeness (QED) is 0.625. The minimum absolute atomic E-state index is 1.11. The van der Waals surface area contributed by atoms with Crippen molar-refractivity contribution in [1.29, 1.82) is 0 Å². The highest BCUT2D eigenvalue weighted by Gasteiger charge is 2.19. The molecule has 0 aromatic heterocycles. The molecule has 2 heteroatoms. The molecule has 0 amide bonds. The fourth-order valence-electron chi connectivity index (χ4n) is 1.72. The highest BCUT2D eigenvalue weighted by Crippen LogP contribution is 2.36. The van der Waals surface area contributed by atoms with E-state index < -0.39 is 0 Å². The Bertz CT molecular complexity index is 347. The van der Waals surface area contributed by atoms with Crippen LogP contribution in [-0.2, 0) is 0 Å². The van der Waals surface area contributed by atoms with Gasteiger partial charge in [0.25, 0.3) is 0 Å². The molecule has 0 spiro atoms. The van der Waals surface area contributed by atoms with Crippen LogP contribution in [0.15, 0.2) is 46.3 Å². The van der Waals surface area contributed by atoms with Gasteiger partial charge in [-0.25, -0.2) is 0 Å². The number of halogens is 1. The van der Waals surface area contributed by atoms with Crippen LogP contribution in [0.4, 0.5) is 0 Å². The maximum Gasteiger partial charge on any atom is 0.0413 e. The summed E-state index contributed by atoms with van der Waals surface area (Å²) in [5, 5.41) is 0. The van der Waals surface area contributed by atoms with Gasteiger partial charge in [-0.15, -0.1) is 0 Å². The minimum atomic E-state index is 1.11. The summed E-state index contributed by atoms with van der Waals surface area (Å²) in [6, 6.07) is 0. The van der Waals surface area contributed by atoms with Gasteiger partial charge in [-0.2, -0.15) is 0 Å². The third-order valence-corrected chi connectivity index (χ3v) is 3.14. The molecule has 0 N–H and O–H groups in total. The first-order chi connectivity index (χ1) is 6.20. The largest absolute Gasteiger partial charge is 0.350 e. The number of rotatable bonds is 0. The van der Waals surface area contributed by atoms with Crippen LogP contribution in [0.3, 0.4) is 0 Å². The second kappa shape index (κ2) is 3.18. The number of allylic oxidation sites excluding steroid dienone is 5. The molecule has 0 aromatic carbocycles. The molecule has 1 aliphatic carbocycles. The van der Waals surface area contributed by atoms with Crippen LogP contribution in [0, 0.1) is 0 Å². The first-order valence-corrected chi connectivity index (χ1v) is 5.19. The van der Waals surface area contributed by atoms with Crippen molar-refractivity contribution in [1.82, 2.24) is 4.90 Å². The van der Waals surface area contributed by atoms with Crippen LogP contribution in [0.2, 0.25) is 0 Å². The minimum Gasteiger partial charge on any atom is -0.350 e.